The zero-order valence-electron chi connectivity index (χ0n) is 17.5. The van der Waals surface area contributed by atoms with Gasteiger partial charge >= 0.3 is 6.03 Å². The first-order valence-corrected chi connectivity index (χ1v) is 9.73. The van der Waals surface area contributed by atoms with Crippen molar-refractivity contribution >= 4 is 17.4 Å². The van der Waals surface area contributed by atoms with Gasteiger partial charge < -0.3 is 15.4 Å². The Morgan fingerprint density at radius 2 is 1.58 bits per heavy atom. The minimum atomic E-state index is -0.310. The van der Waals surface area contributed by atoms with Gasteiger partial charge in [-0.1, -0.05) is 6.07 Å². The van der Waals surface area contributed by atoms with Gasteiger partial charge in [0.25, 0.3) is 0 Å². The number of imidazole rings is 1. The number of carbonyl (C=O) groups excluding carboxylic acids is 1. The number of hydrogen-bond acceptors (Lipinski definition) is 5. The SMILES string of the molecule is Cc1cc(C)cc(NC(=O)Nc2ccc(Oc3cc(-n4ccnc4C)ncn3)cc2)c1. The molecule has 0 atom stereocenters. The minimum absolute atomic E-state index is 0.310. The van der Waals surface area contributed by atoms with Gasteiger partial charge in [0.1, 0.15) is 23.7 Å². The van der Waals surface area contributed by atoms with Crippen molar-refractivity contribution in [2.45, 2.75) is 20.8 Å². The van der Waals surface area contributed by atoms with Crippen molar-refractivity contribution in [3.63, 3.8) is 0 Å². The van der Waals surface area contributed by atoms with E-state index in [2.05, 4.69) is 31.7 Å². The molecule has 2 heterocycles. The van der Waals surface area contributed by atoms with Crippen molar-refractivity contribution in [3.8, 4) is 17.4 Å². The Morgan fingerprint density at radius 1 is 0.871 bits per heavy atom. The van der Waals surface area contributed by atoms with E-state index in [1.807, 2.05) is 43.7 Å². The molecule has 156 valence electrons. The molecule has 2 aromatic carbocycles. The smallest absolute Gasteiger partial charge is 0.323 e. The van der Waals surface area contributed by atoms with Crippen LogP contribution in [0, 0.1) is 20.8 Å². The van der Waals surface area contributed by atoms with Crippen LogP contribution in [0.1, 0.15) is 17.0 Å². The number of amides is 2. The summed E-state index contributed by atoms with van der Waals surface area (Å²) < 4.78 is 7.67. The molecule has 0 aliphatic heterocycles. The Kier molecular flexibility index (Phi) is 5.61. The summed E-state index contributed by atoms with van der Waals surface area (Å²) >= 11 is 0. The van der Waals surface area contributed by atoms with Gasteiger partial charge in [0.05, 0.1) is 0 Å². The highest BCUT2D eigenvalue weighted by atomic mass is 16.5. The molecule has 0 saturated heterocycles. The maximum absolute atomic E-state index is 12.3. The number of nitrogens with zero attached hydrogens (tertiary/aromatic N) is 4. The van der Waals surface area contributed by atoms with Gasteiger partial charge in [0, 0.05) is 29.8 Å². The van der Waals surface area contributed by atoms with Crippen LogP contribution in [0.25, 0.3) is 5.82 Å². The summed E-state index contributed by atoms with van der Waals surface area (Å²) in [6.45, 7) is 5.88. The Morgan fingerprint density at radius 3 is 2.26 bits per heavy atom. The average molecular weight is 414 g/mol. The highest BCUT2D eigenvalue weighted by Crippen LogP contribution is 2.23. The Bertz CT molecular complexity index is 1200. The Labute approximate surface area is 180 Å². The molecule has 8 nitrogen and oxygen atoms in total. The quantitative estimate of drug-likeness (QED) is 0.478. The molecule has 2 aromatic heterocycles. The van der Waals surface area contributed by atoms with Crippen LogP contribution >= 0.6 is 0 Å². The second-order valence-corrected chi connectivity index (χ2v) is 7.14. The topological polar surface area (TPSA) is 94.0 Å². The third-order valence-corrected chi connectivity index (χ3v) is 4.51. The van der Waals surface area contributed by atoms with E-state index < -0.39 is 0 Å². The maximum Gasteiger partial charge on any atom is 0.323 e. The van der Waals surface area contributed by atoms with Gasteiger partial charge in [-0.3, -0.25) is 4.57 Å². The molecule has 2 amide bonds. The van der Waals surface area contributed by atoms with Crippen molar-refractivity contribution in [1.29, 1.82) is 0 Å². The predicted octanol–water partition coefficient (Wildman–Crippen LogP) is 5.02. The summed E-state index contributed by atoms with van der Waals surface area (Å²) in [6, 6.07) is 14.4. The molecule has 4 rings (SSSR count). The number of hydrogen-bond donors (Lipinski definition) is 2. The second-order valence-electron chi connectivity index (χ2n) is 7.14. The van der Waals surface area contributed by atoms with Crippen LogP contribution in [-0.4, -0.2) is 25.6 Å². The first-order valence-electron chi connectivity index (χ1n) is 9.73. The van der Waals surface area contributed by atoms with Gasteiger partial charge in [-0.15, -0.1) is 0 Å². The number of aromatic nitrogens is 4. The molecular formula is C23H22N6O2. The highest BCUT2D eigenvalue weighted by Gasteiger charge is 2.07. The van der Waals surface area contributed by atoms with Gasteiger partial charge in [0.2, 0.25) is 5.88 Å². The normalized spacial score (nSPS) is 10.5. The fraction of sp³-hybridized carbons (Fsp3) is 0.130. The molecule has 0 aliphatic rings. The number of rotatable bonds is 5. The summed E-state index contributed by atoms with van der Waals surface area (Å²) in [5, 5.41) is 5.66. The van der Waals surface area contributed by atoms with Crippen LogP contribution in [0.2, 0.25) is 0 Å². The van der Waals surface area contributed by atoms with Crippen molar-refractivity contribution in [3.05, 3.63) is 84.2 Å². The zero-order chi connectivity index (χ0) is 21.8. The number of urea groups is 1. The molecule has 0 spiro atoms. The summed E-state index contributed by atoms with van der Waals surface area (Å²) in [7, 11) is 0. The first-order chi connectivity index (χ1) is 15.0. The molecule has 0 unspecified atom stereocenters. The van der Waals surface area contributed by atoms with E-state index >= 15 is 0 Å². The lowest BCUT2D eigenvalue weighted by Gasteiger charge is -2.10. The molecule has 0 bridgehead atoms. The third kappa shape index (κ3) is 5.05. The lowest BCUT2D eigenvalue weighted by molar-refractivity contribution is 0.262. The van der Waals surface area contributed by atoms with E-state index in [9.17, 15) is 4.79 Å². The predicted molar refractivity (Wildman–Crippen MR) is 119 cm³/mol. The Hall–Kier alpha value is -4.20. The van der Waals surface area contributed by atoms with Gasteiger partial charge in [-0.05, 0) is 68.3 Å². The minimum Gasteiger partial charge on any atom is -0.439 e. The monoisotopic (exact) mass is 414 g/mol. The molecule has 2 N–H and O–H groups in total. The van der Waals surface area contributed by atoms with Crippen LogP contribution < -0.4 is 15.4 Å². The summed E-state index contributed by atoms with van der Waals surface area (Å²) in [5.74, 6) is 2.49. The molecule has 0 aliphatic carbocycles. The number of ether oxygens (including phenoxy) is 1. The third-order valence-electron chi connectivity index (χ3n) is 4.51. The highest BCUT2D eigenvalue weighted by molar-refractivity contribution is 5.99. The lowest BCUT2D eigenvalue weighted by Crippen LogP contribution is -2.19. The van der Waals surface area contributed by atoms with E-state index in [-0.39, 0.29) is 6.03 Å². The molecule has 0 radical (unpaired) electrons. The number of anilines is 2. The fourth-order valence-electron chi connectivity index (χ4n) is 3.20. The van der Waals surface area contributed by atoms with Crippen molar-refractivity contribution in [2.24, 2.45) is 0 Å². The number of nitrogens with one attached hydrogen (secondary N) is 2. The van der Waals surface area contributed by atoms with Crippen molar-refractivity contribution in [2.75, 3.05) is 10.6 Å². The molecule has 8 heteroatoms. The first kappa shape index (κ1) is 20.1. The van der Waals surface area contributed by atoms with Crippen LogP contribution in [-0.2, 0) is 0 Å². The molecule has 0 saturated carbocycles. The summed E-state index contributed by atoms with van der Waals surface area (Å²) in [4.78, 5) is 24.9. The number of carbonyl (C=O) groups is 1. The second kappa shape index (κ2) is 8.66. The van der Waals surface area contributed by atoms with E-state index in [1.54, 1.807) is 36.5 Å². The van der Waals surface area contributed by atoms with Gasteiger partial charge in [0.15, 0.2) is 0 Å². The van der Waals surface area contributed by atoms with E-state index in [0.717, 1.165) is 22.6 Å². The lowest BCUT2D eigenvalue weighted by atomic mass is 10.1. The van der Waals surface area contributed by atoms with Crippen LogP contribution in [0.15, 0.2) is 67.3 Å². The molecule has 0 fully saturated rings. The van der Waals surface area contributed by atoms with E-state index in [4.69, 9.17) is 4.74 Å². The zero-order valence-corrected chi connectivity index (χ0v) is 17.5. The van der Waals surface area contributed by atoms with Crippen LogP contribution in [0.4, 0.5) is 16.2 Å². The van der Waals surface area contributed by atoms with E-state index in [0.29, 0.717) is 23.1 Å². The molecular weight excluding hydrogens is 392 g/mol. The standard InChI is InChI=1S/C23H22N6O2/c1-15-10-16(2)12-19(11-15)28-23(30)27-18-4-6-20(7-5-18)31-22-13-21(25-14-26-22)29-9-8-24-17(29)3/h4-14H,1-3H3,(H2,27,28,30). The van der Waals surface area contributed by atoms with E-state index in [1.165, 1.54) is 6.33 Å². The number of benzene rings is 2. The van der Waals surface area contributed by atoms with Gasteiger partial charge in [-0.2, -0.15) is 0 Å². The average Bonchev–Trinajstić information content (AvgIpc) is 3.15. The van der Waals surface area contributed by atoms with Crippen molar-refractivity contribution in [1.82, 2.24) is 19.5 Å². The summed E-state index contributed by atoms with van der Waals surface area (Å²) in [5.41, 5.74) is 3.58. The van der Waals surface area contributed by atoms with Crippen molar-refractivity contribution < 1.29 is 9.53 Å². The van der Waals surface area contributed by atoms with Gasteiger partial charge in [-0.25, -0.2) is 19.7 Å². The fourth-order valence-corrected chi connectivity index (χ4v) is 3.20. The molecule has 31 heavy (non-hydrogen) atoms. The van der Waals surface area contributed by atoms with Crippen LogP contribution in [0.3, 0.4) is 0 Å². The maximum atomic E-state index is 12.3. The largest absolute Gasteiger partial charge is 0.439 e. The summed E-state index contributed by atoms with van der Waals surface area (Å²) in [6.07, 6.45) is 4.97. The molecule has 4 aromatic rings. The van der Waals surface area contributed by atoms with Crippen LogP contribution in [0.5, 0.6) is 11.6 Å². The number of aryl methyl sites for hydroxylation is 3. The Balaban J connectivity index is 1.39.